The van der Waals surface area contributed by atoms with Crippen LogP contribution in [0.1, 0.15) is 48.8 Å². The van der Waals surface area contributed by atoms with Crippen molar-refractivity contribution in [2.45, 2.75) is 57.0 Å². The van der Waals surface area contributed by atoms with Crippen LogP contribution in [0.5, 0.6) is 0 Å². The number of amidine groups is 1. The van der Waals surface area contributed by atoms with Gasteiger partial charge in [0.25, 0.3) is 0 Å². The van der Waals surface area contributed by atoms with E-state index in [0.717, 1.165) is 41.6 Å². The Hall–Kier alpha value is -3.94. The van der Waals surface area contributed by atoms with Crippen LogP contribution >= 0.6 is 0 Å². The number of nitrogens with two attached hydrogens (primary N) is 1. The Balaban J connectivity index is 1.50. The number of ketones is 1. The summed E-state index contributed by atoms with van der Waals surface area (Å²) >= 11 is 0. The van der Waals surface area contributed by atoms with E-state index in [-0.39, 0.29) is 18.0 Å². The summed E-state index contributed by atoms with van der Waals surface area (Å²) in [7, 11) is 0. The maximum atomic E-state index is 12.8. The molecule has 0 saturated carbocycles. The Morgan fingerprint density at radius 1 is 1.03 bits per heavy atom. The number of nitrogens with one attached hydrogen (secondary N) is 3. The average Bonchev–Trinajstić information content (AvgIpc) is 3.16. The van der Waals surface area contributed by atoms with Gasteiger partial charge in [-0.05, 0) is 35.6 Å². The summed E-state index contributed by atoms with van der Waals surface area (Å²) in [6.45, 7) is 3.99. The number of para-hydroxylation sites is 1. The third-order valence-corrected chi connectivity index (χ3v) is 6.06. The van der Waals surface area contributed by atoms with E-state index in [2.05, 4.69) is 17.2 Å². The van der Waals surface area contributed by atoms with E-state index in [4.69, 9.17) is 11.1 Å². The molecule has 2 aromatic carbocycles. The molecule has 0 bridgehead atoms. The van der Waals surface area contributed by atoms with Crippen molar-refractivity contribution in [2.24, 2.45) is 5.73 Å². The minimum atomic E-state index is -1.12. The lowest BCUT2D eigenvalue weighted by atomic mass is 9.99. The van der Waals surface area contributed by atoms with Gasteiger partial charge in [-0.3, -0.25) is 15.0 Å². The number of carboxylic acid groups (broad SMARTS) is 1. The fourth-order valence-electron chi connectivity index (χ4n) is 4.13. The third kappa shape index (κ3) is 7.27. The number of hydrogen-bond acceptors (Lipinski definition) is 5. The second-order valence-electron chi connectivity index (χ2n) is 8.87. The van der Waals surface area contributed by atoms with Crippen LogP contribution in [-0.2, 0) is 27.2 Å². The molecular weight excluding hydrogens is 444 g/mol. The summed E-state index contributed by atoms with van der Waals surface area (Å²) in [6, 6.07) is 12.8. The minimum Gasteiger partial charge on any atom is -0.480 e. The molecule has 2 atom stereocenters. The second kappa shape index (κ2) is 12.0. The lowest BCUT2D eigenvalue weighted by Crippen LogP contribution is -2.48. The molecule has 0 radical (unpaired) electrons. The largest absolute Gasteiger partial charge is 0.480 e. The SMILES string of the molecule is C=C1c2ccccc2NC1C(=O)NC(Cc1ccc(CC(=O)CCCCCC(=N)N)cc1)C(=O)O. The number of unbranched alkanes of at least 4 members (excludes halogenated alkanes) is 2. The Kier molecular flexibility index (Phi) is 8.78. The fraction of sp³-hybridized carbons (Fsp3) is 0.333. The van der Waals surface area contributed by atoms with Gasteiger partial charge in [-0.25, -0.2) is 4.79 Å². The van der Waals surface area contributed by atoms with Crippen LogP contribution in [0.4, 0.5) is 5.69 Å². The van der Waals surface area contributed by atoms with Gasteiger partial charge < -0.3 is 21.5 Å². The number of fused-ring (bicyclic) bond motifs is 1. The number of amides is 1. The van der Waals surface area contributed by atoms with Crippen LogP contribution in [0.25, 0.3) is 5.57 Å². The molecule has 8 nitrogen and oxygen atoms in total. The Morgan fingerprint density at radius 2 is 1.69 bits per heavy atom. The van der Waals surface area contributed by atoms with Gasteiger partial charge in [0.05, 0.1) is 5.84 Å². The maximum absolute atomic E-state index is 12.8. The van der Waals surface area contributed by atoms with Crippen LogP contribution in [-0.4, -0.2) is 40.7 Å². The van der Waals surface area contributed by atoms with Crippen molar-refractivity contribution in [3.05, 3.63) is 71.8 Å². The zero-order chi connectivity index (χ0) is 25.4. The second-order valence-corrected chi connectivity index (χ2v) is 8.87. The van der Waals surface area contributed by atoms with E-state index in [1.165, 1.54) is 0 Å². The molecule has 1 heterocycles. The normalized spacial score (nSPS) is 15.1. The number of anilines is 1. The van der Waals surface area contributed by atoms with Gasteiger partial charge in [-0.2, -0.15) is 0 Å². The lowest BCUT2D eigenvalue weighted by Gasteiger charge is -2.19. The zero-order valence-corrected chi connectivity index (χ0v) is 19.7. The standard InChI is InChI=1S/C27H32N4O4/c1-17-21-8-5-6-9-22(21)30-25(17)26(33)31-23(27(34)35)16-19-13-11-18(12-14-19)15-20(32)7-3-2-4-10-24(28)29/h5-6,8-9,11-14,23,25,30H,1-4,7,10,15-16H2,(H3,28,29)(H,31,33)(H,34,35). The maximum Gasteiger partial charge on any atom is 0.326 e. The Morgan fingerprint density at radius 3 is 2.34 bits per heavy atom. The average molecular weight is 477 g/mol. The van der Waals surface area contributed by atoms with Gasteiger partial charge in [-0.1, -0.05) is 55.5 Å². The first-order valence-electron chi connectivity index (χ1n) is 11.7. The molecule has 0 aliphatic carbocycles. The molecule has 184 valence electrons. The molecule has 0 saturated heterocycles. The van der Waals surface area contributed by atoms with Crippen molar-refractivity contribution in [1.82, 2.24) is 5.32 Å². The van der Waals surface area contributed by atoms with Gasteiger partial charge in [-0.15, -0.1) is 0 Å². The van der Waals surface area contributed by atoms with Crippen LogP contribution < -0.4 is 16.4 Å². The van der Waals surface area contributed by atoms with Crippen LogP contribution in [0, 0.1) is 5.41 Å². The van der Waals surface area contributed by atoms with Crippen molar-refractivity contribution >= 4 is 34.8 Å². The Bertz CT molecular complexity index is 1110. The van der Waals surface area contributed by atoms with Gasteiger partial charge in [0, 0.05) is 36.9 Å². The smallest absolute Gasteiger partial charge is 0.326 e. The molecule has 8 heteroatoms. The molecule has 1 aliphatic heterocycles. The van der Waals surface area contributed by atoms with Crippen LogP contribution in [0.2, 0.25) is 0 Å². The van der Waals surface area contributed by atoms with Crippen molar-refractivity contribution in [3.8, 4) is 0 Å². The van der Waals surface area contributed by atoms with E-state index in [1.807, 2.05) is 36.4 Å². The fourth-order valence-corrected chi connectivity index (χ4v) is 4.13. The zero-order valence-electron chi connectivity index (χ0n) is 19.7. The number of Topliss-reactive ketones (excluding diaryl/α,β-unsaturated/α-hetero) is 1. The minimum absolute atomic E-state index is 0.123. The van der Waals surface area contributed by atoms with Crippen molar-refractivity contribution in [3.63, 3.8) is 0 Å². The predicted molar refractivity (Wildman–Crippen MR) is 136 cm³/mol. The van der Waals surface area contributed by atoms with E-state index in [0.29, 0.717) is 24.8 Å². The summed E-state index contributed by atoms with van der Waals surface area (Å²) in [5.41, 5.74) is 9.19. The number of carbonyl (C=O) groups excluding carboxylic acids is 2. The highest BCUT2D eigenvalue weighted by Gasteiger charge is 2.32. The van der Waals surface area contributed by atoms with Gasteiger partial charge >= 0.3 is 5.97 Å². The van der Waals surface area contributed by atoms with Crippen molar-refractivity contribution < 1.29 is 19.5 Å². The summed E-state index contributed by atoms with van der Waals surface area (Å²) in [5, 5.41) is 22.6. The molecule has 2 unspecified atom stereocenters. The summed E-state index contributed by atoms with van der Waals surface area (Å²) < 4.78 is 0. The quantitative estimate of drug-likeness (QED) is 0.170. The topological polar surface area (TPSA) is 145 Å². The van der Waals surface area contributed by atoms with Gasteiger partial charge in [0.1, 0.15) is 17.9 Å². The summed E-state index contributed by atoms with van der Waals surface area (Å²) in [5.74, 6) is -1.25. The van der Waals surface area contributed by atoms with E-state index >= 15 is 0 Å². The molecule has 6 N–H and O–H groups in total. The molecule has 2 aromatic rings. The molecule has 1 aliphatic rings. The summed E-state index contributed by atoms with van der Waals surface area (Å²) in [4.78, 5) is 36.9. The highest BCUT2D eigenvalue weighted by Crippen LogP contribution is 2.33. The van der Waals surface area contributed by atoms with E-state index < -0.39 is 24.0 Å². The molecule has 1 amide bonds. The highest BCUT2D eigenvalue weighted by molar-refractivity contribution is 6.04. The molecule has 0 spiro atoms. The molecule has 0 aromatic heterocycles. The first-order chi connectivity index (χ1) is 16.7. The van der Waals surface area contributed by atoms with E-state index in [9.17, 15) is 19.5 Å². The monoisotopic (exact) mass is 476 g/mol. The number of carboxylic acids is 1. The molecule has 3 rings (SSSR count). The number of hydrogen-bond donors (Lipinski definition) is 5. The third-order valence-electron chi connectivity index (χ3n) is 6.06. The first-order valence-corrected chi connectivity index (χ1v) is 11.7. The van der Waals surface area contributed by atoms with Gasteiger partial charge in [0.2, 0.25) is 5.91 Å². The first kappa shape index (κ1) is 25.7. The lowest BCUT2D eigenvalue weighted by molar-refractivity contribution is -0.141. The molecular formula is C27H32N4O4. The Labute approximate surface area is 205 Å². The number of benzene rings is 2. The number of rotatable bonds is 13. The van der Waals surface area contributed by atoms with Gasteiger partial charge in [0.15, 0.2) is 0 Å². The molecule has 35 heavy (non-hydrogen) atoms. The number of carbonyl (C=O) groups is 3. The van der Waals surface area contributed by atoms with Crippen LogP contribution in [0.15, 0.2) is 55.1 Å². The number of aliphatic carboxylic acids is 1. The van der Waals surface area contributed by atoms with Crippen molar-refractivity contribution in [1.29, 1.82) is 5.41 Å². The predicted octanol–water partition coefficient (Wildman–Crippen LogP) is 3.30. The van der Waals surface area contributed by atoms with E-state index in [1.54, 1.807) is 12.1 Å². The highest BCUT2D eigenvalue weighted by atomic mass is 16.4. The van der Waals surface area contributed by atoms with Crippen LogP contribution in [0.3, 0.4) is 0 Å². The summed E-state index contributed by atoms with van der Waals surface area (Å²) in [6.07, 6.45) is 3.94. The molecule has 0 fully saturated rings. The van der Waals surface area contributed by atoms with Crippen molar-refractivity contribution in [2.75, 3.05) is 5.32 Å².